The molecule has 114 valence electrons. The van der Waals surface area contributed by atoms with Gasteiger partial charge in [0.2, 0.25) is 0 Å². The van der Waals surface area contributed by atoms with E-state index < -0.39 is 0 Å². The Hall–Kier alpha value is -1.19. The maximum atomic E-state index is 6.15. The van der Waals surface area contributed by atoms with E-state index in [1.165, 1.54) is 22.2 Å². The zero-order valence-corrected chi connectivity index (χ0v) is 14.0. The molecule has 2 heterocycles. The third-order valence-corrected chi connectivity index (χ3v) is 4.57. The van der Waals surface area contributed by atoms with Gasteiger partial charge in [-0.2, -0.15) is 0 Å². The molecule has 4 rings (SSSR count). The largest absolute Gasteiger partial charge is 0.357 e. The number of benzene rings is 2. The lowest BCUT2D eigenvalue weighted by Gasteiger charge is -2.25. The Balaban J connectivity index is 0.00000144. The van der Waals surface area contributed by atoms with Crippen LogP contribution in [0.5, 0.6) is 0 Å². The number of rotatable bonds is 1. The van der Waals surface area contributed by atoms with Crippen LogP contribution in [-0.4, -0.2) is 11.5 Å². The quantitative estimate of drug-likeness (QED) is 0.623. The van der Waals surface area contributed by atoms with Crippen LogP contribution >= 0.6 is 35.6 Å². The van der Waals surface area contributed by atoms with Crippen LogP contribution < -0.4 is 5.32 Å². The molecular formula is C17H15Cl3N2. The van der Waals surface area contributed by atoms with Crippen molar-refractivity contribution in [2.24, 2.45) is 0 Å². The van der Waals surface area contributed by atoms with Gasteiger partial charge in [0.15, 0.2) is 0 Å². The van der Waals surface area contributed by atoms with Crippen LogP contribution in [0.3, 0.4) is 0 Å². The highest BCUT2D eigenvalue weighted by Gasteiger charge is 2.25. The predicted molar refractivity (Wildman–Crippen MR) is 95.6 cm³/mol. The number of halogens is 3. The molecule has 0 fully saturated rings. The van der Waals surface area contributed by atoms with Gasteiger partial charge < -0.3 is 10.3 Å². The molecule has 0 saturated carbocycles. The molecule has 1 aromatic heterocycles. The normalized spacial score (nSPS) is 17.1. The molecule has 0 saturated heterocycles. The summed E-state index contributed by atoms with van der Waals surface area (Å²) in [7, 11) is 0. The van der Waals surface area contributed by atoms with Gasteiger partial charge in [-0.05, 0) is 47.9 Å². The van der Waals surface area contributed by atoms with Crippen molar-refractivity contribution in [2.75, 3.05) is 6.54 Å². The first-order chi connectivity index (χ1) is 10.2. The van der Waals surface area contributed by atoms with E-state index in [4.69, 9.17) is 23.2 Å². The van der Waals surface area contributed by atoms with E-state index in [-0.39, 0.29) is 18.4 Å². The molecule has 2 N–H and O–H groups in total. The maximum absolute atomic E-state index is 6.15. The Labute approximate surface area is 145 Å². The Morgan fingerprint density at radius 3 is 2.64 bits per heavy atom. The number of nitrogens with one attached hydrogen (secondary N) is 2. The first-order valence-corrected chi connectivity index (χ1v) is 7.77. The van der Waals surface area contributed by atoms with Crippen molar-refractivity contribution in [3.05, 3.63) is 69.3 Å². The van der Waals surface area contributed by atoms with Crippen LogP contribution in [0.25, 0.3) is 10.9 Å². The van der Waals surface area contributed by atoms with Gasteiger partial charge in [0.1, 0.15) is 0 Å². The fourth-order valence-corrected chi connectivity index (χ4v) is 3.54. The second-order valence-electron chi connectivity index (χ2n) is 5.40. The van der Waals surface area contributed by atoms with Crippen molar-refractivity contribution in [1.29, 1.82) is 0 Å². The summed E-state index contributed by atoms with van der Waals surface area (Å²) < 4.78 is 0. The van der Waals surface area contributed by atoms with E-state index in [1.807, 2.05) is 36.4 Å². The Morgan fingerprint density at radius 1 is 1.00 bits per heavy atom. The van der Waals surface area contributed by atoms with Gasteiger partial charge in [0.25, 0.3) is 0 Å². The van der Waals surface area contributed by atoms with Crippen LogP contribution in [0.4, 0.5) is 0 Å². The van der Waals surface area contributed by atoms with Gasteiger partial charge in [0.05, 0.1) is 6.04 Å². The molecule has 3 aromatic rings. The van der Waals surface area contributed by atoms with Crippen molar-refractivity contribution in [1.82, 2.24) is 10.3 Å². The highest BCUT2D eigenvalue weighted by molar-refractivity contribution is 6.31. The highest BCUT2D eigenvalue weighted by atomic mass is 35.5. The van der Waals surface area contributed by atoms with Gasteiger partial charge in [-0.25, -0.2) is 0 Å². The summed E-state index contributed by atoms with van der Waals surface area (Å²) in [6.45, 7) is 0.948. The Kier molecular flexibility index (Phi) is 4.37. The first kappa shape index (κ1) is 15.7. The minimum absolute atomic E-state index is 0. The zero-order valence-electron chi connectivity index (χ0n) is 11.7. The predicted octanol–water partition coefficient (Wildman–Crippen LogP) is 5.13. The lowest BCUT2D eigenvalue weighted by molar-refractivity contribution is 0.560. The molecule has 5 heteroatoms. The van der Waals surface area contributed by atoms with E-state index in [9.17, 15) is 0 Å². The summed E-state index contributed by atoms with van der Waals surface area (Å²) >= 11 is 12.3. The van der Waals surface area contributed by atoms with Crippen molar-refractivity contribution in [2.45, 2.75) is 12.5 Å². The summed E-state index contributed by atoms with van der Waals surface area (Å²) in [5.74, 6) is 0. The molecule has 22 heavy (non-hydrogen) atoms. The number of hydrogen-bond acceptors (Lipinski definition) is 1. The van der Waals surface area contributed by atoms with Crippen molar-refractivity contribution in [3.8, 4) is 0 Å². The van der Waals surface area contributed by atoms with E-state index in [2.05, 4.69) is 16.4 Å². The summed E-state index contributed by atoms with van der Waals surface area (Å²) in [4.78, 5) is 3.55. The number of hydrogen-bond donors (Lipinski definition) is 2. The second-order valence-corrected chi connectivity index (χ2v) is 6.27. The number of H-pyrrole nitrogens is 1. The summed E-state index contributed by atoms with van der Waals surface area (Å²) in [5.41, 5.74) is 4.90. The molecule has 2 nitrogen and oxygen atoms in total. The molecule has 0 radical (unpaired) electrons. The van der Waals surface area contributed by atoms with Gasteiger partial charge in [-0.1, -0.05) is 35.3 Å². The van der Waals surface area contributed by atoms with Crippen LogP contribution in [0.2, 0.25) is 10.0 Å². The molecule has 1 aliphatic heterocycles. The molecule has 1 aliphatic rings. The minimum Gasteiger partial charge on any atom is -0.357 e. The fourth-order valence-electron chi connectivity index (χ4n) is 3.17. The third kappa shape index (κ3) is 2.61. The monoisotopic (exact) mass is 352 g/mol. The molecular weight excluding hydrogens is 339 g/mol. The molecule has 1 atom stereocenters. The number of aromatic nitrogens is 1. The molecule has 0 amide bonds. The Bertz CT molecular complexity index is 826. The van der Waals surface area contributed by atoms with E-state index in [0.717, 1.165) is 28.5 Å². The van der Waals surface area contributed by atoms with Crippen molar-refractivity contribution < 1.29 is 0 Å². The molecule has 1 unspecified atom stereocenters. The van der Waals surface area contributed by atoms with Crippen molar-refractivity contribution >= 4 is 46.5 Å². The van der Waals surface area contributed by atoms with Gasteiger partial charge in [-0.15, -0.1) is 12.4 Å². The van der Waals surface area contributed by atoms with E-state index in [1.54, 1.807) is 0 Å². The van der Waals surface area contributed by atoms with Crippen LogP contribution in [0.15, 0.2) is 42.5 Å². The number of aromatic amines is 1. The average Bonchev–Trinajstić information content (AvgIpc) is 2.85. The summed E-state index contributed by atoms with van der Waals surface area (Å²) in [5, 5.41) is 6.34. The van der Waals surface area contributed by atoms with Gasteiger partial charge in [0, 0.05) is 33.2 Å². The molecule has 0 spiro atoms. The zero-order chi connectivity index (χ0) is 14.4. The lowest BCUT2D eigenvalue weighted by atomic mass is 9.94. The standard InChI is InChI=1S/C17H14Cl2N2.ClH/c18-11-3-1-2-10(8-11)16-17-13(6-7-20-16)14-9-12(19)4-5-15(14)21-17;/h1-5,8-9,16,20-21H,6-7H2;1H. The highest BCUT2D eigenvalue weighted by Crippen LogP contribution is 2.35. The van der Waals surface area contributed by atoms with Gasteiger partial charge in [-0.3, -0.25) is 0 Å². The van der Waals surface area contributed by atoms with Crippen LogP contribution in [-0.2, 0) is 6.42 Å². The van der Waals surface area contributed by atoms with Crippen LogP contribution in [0, 0.1) is 0 Å². The third-order valence-electron chi connectivity index (χ3n) is 4.10. The summed E-state index contributed by atoms with van der Waals surface area (Å²) in [6, 6.07) is 14.2. The number of fused-ring (bicyclic) bond motifs is 3. The fraction of sp³-hybridized carbons (Fsp3) is 0.176. The molecule has 2 aromatic carbocycles. The second kappa shape index (κ2) is 6.13. The smallest absolute Gasteiger partial charge is 0.0732 e. The molecule has 0 aliphatic carbocycles. The first-order valence-electron chi connectivity index (χ1n) is 7.01. The van der Waals surface area contributed by atoms with Crippen LogP contribution in [0.1, 0.15) is 22.9 Å². The molecule has 0 bridgehead atoms. The lowest BCUT2D eigenvalue weighted by Crippen LogP contribution is -2.30. The van der Waals surface area contributed by atoms with E-state index >= 15 is 0 Å². The van der Waals surface area contributed by atoms with E-state index in [0.29, 0.717) is 0 Å². The Morgan fingerprint density at radius 2 is 1.82 bits per heavy atom. The topological polar surface area (TPSA) is 27.8 Å². The minimum atomic E-state index is 0. The maximum Gasteiger partial charge on any atom is 0.0732 e. The van der Waals surface area contributed by atoms with Crippen molar-refractivity contribution in [3.63, 3.8) is 0 Å². The van der Waals surface area contributed by atoms with Gasteiger partial charge >= 0.3 is 0 Å². The SMILES string of the molecule is Cl.Clc1cccc(C2NCCc3c2[nH]c2ccc(Cl)cc32)c1. The summed E-state index contributed by atoms with van der Waals surface area (Å²) in [6.07, 6.45) is 1.01. The average molecular weight is 354 g/mol.